The smallest absolute Gasteiger partial charge is 0.139 e. The Hall–Kier alpha value is -0.640. The molecule has 1 rings (SSSR count). The first kappa shape index (κ1) is 11.4. The molecule has 3 nitrogen and oxygen atoms in total. The molecule has 0 aliphatic carbocycles. The van der Waals surface area contributed by atoms with Crippen LogP contribution in [0.1, 0.15) is 37.0 Å². The summed E-state index contributed by atoms with van der Waals surface area (Å²) in [5.74, 6) is 0. The average Bonchev–Trinajstić information content (AvgIpc) is 2.45. The molecule has 1 unspecified atom stereocenters. The highest BCUT2D eigenvalue weighted by atomic mass is 79.9. The van der Waals surface area contributed by atoms with E-state index in [0.717, 1.165) is 17.7 Å². The largest absolute Gasteiger partial charge is 0.302 e. The molecule has 78 valence electrons. The fourth-order valence-electron chi connectivity index (χ4n) is 1.18. The molecule has 0 spiro atoms. The number of nitrogens with zero attached hydrogens (tertiary/aromatic N) is 2. The van der Waals surface area contributed by atoms with Crippen molar-refractivity contribution < 1.29 is 4.79 Å². The monoisotopic (exact) mass is 258 g/mol. The molecular weight excluding hydrogens is 244 g/mol. The number of carbonyl (C=O) groups is 1. The van der Waals surface area contributed by atoms with Crippen LogP contribution in [0.2, 0.25) is 0 Å². The predicted octanol–water partition coefficient (Wildman–Crippen LogP) is 2.35. The summed E-state index contributed by atoms with van der Waals surface area (Å²) in [4.78, 5) is 10.4. The second-order valence-electron chi connectivity index (χ2n) is 4.37. The maximum absolute atomic E-state index is 10.6. The number of halogens is 1. The van der Waals surface area contributed by atoms with Crippen LogP contribution in [-0.4, -0.2) is 16.1 Å². The van der Waals surface area contributed by atoms with Crippen molar-refractivity contribution in [1.29, 1.82) is 0 Å². The SMILES string of the molecule is Cn1nc(C(C)(C)C)cc1C(Br)C=O. The quantitative estimate of drug-likeness (QED) is 0.603. The Morgan fingerprint density at radius 2 is 2.14 bits per heavy atom. The van der Waals surface area contributed by atoms with Crippen LogP contribution in [0.15, 0.2) is 6.07 Å². The third-order valence-electron chi connectivity index (χ3n) is 2.09. The van der Waals surface area contributed by atoms with Crippen molar-refractivity contribution >= 4 is 22.2 Å². The Morgan fingerprint density at radius 3 is 2.50 bits per heavy atom. The first-order chi connectivity index (χ1) is 6.36. The summed E-state index contributed by atoms with van der Waals surface area (Å²) in [7, 11) is 1.85. The molecule has 1 heterocycles. The van der Waals surface area contributed by atoms with Crippen molar-refractivity contribution in [2.75, 3.05) is 0 Å². The molecule has 0 bridgehead atoms. The van der Waals surface area contributed by atoms with Gasteiger partial charge in [0.05, 0.1) is 11.4 Å². The van der Waals surface area contributed by atoms with Gasteiger partial charge in [0, 0.05) is 12.5 Å². The Kier molecular flexibility index (Phi) is 3.14. The van der Waals surface area contributed by atoms with Gasteiger partial charge in [0.2, 0.25) is 0 Å². The third-order valence-corrected chi connectivity index (χ3v) is 2.77. The van der Waals surface area contributed by atoms with Crippen LogP contribution in [0.25, 0.3) is 0 Å². The number of aldehydes is 1. The van der Waals surface area contributed by atoms with Crippen molar-refractivity contribution in [2.45, 2.75) is 31.0 Å². The lowest BCUT2D eigenvalue weighted by atomic mass is 9.92. The molecule has 0 saturated carbocycles. The lowest BCUT2D eigenvalue weighted by Crippen LogP contribution is -2.12. The van der Waals surface area contributed by atoms with Gasteiger partial charge in [-0.05, 0) is 6.07 Å². The van der Waals surface area contributed by atoms with Crippen molar-refractivity contribution in [2.24, 2.45) is 7.05 Å². The summed E-state index contributed by atoms with van der Waals surface area (Å²) in [6.45, 7) is 6.30. The molecule has 0 N–H and O–H groups in total. The molecule has 1 atom stereocenters. The summed E-state index contributed by atoms with van der Waals surface area (Å²) >= 11 is 3.29. The molecular formula is C10H15BrN2O. The summed E-state index contributed by atoms with van der Waals surface area (Å²) in [6.07, 6.45) is 0.865. The second-order valence-corrected chi connectivity index (χ2v) is 5.35. The number of hydrogen-bond acceptors (Lipinski definition) is 2. The highest BCUT2D eigenvalue weighted by molar-refractivity contribution is 9.09. The van der Waals surface area contributed by atoms with E-state index in [4.69, 9.17) is 0 Å². The Labute approximate surface area is 92.6 Å². The summed E-state index contributed by atoms with van der Waals surface area (Å²) in [6, 6.07) is 1.97. The summed E-state index contributed by atoms with van der Waals surface area (Å²) < 4.78 is 1.74. The van der Waals surface area contributed by atoms with E-state index >= 15 is 0 Å². The molecule has 14 heavy (non-hydrogen) atoms. The van der Waals surface area contributed by atoms with Gasteiger partial charge in [-0.25, -0.2) is 0 Å². The summed E-state index contributed by atoms with van der Waals surface area (Å²) in [5.41, 5.74) is 1.91. The van der Waals surface area contributed by atoms with E-state index in [1.165, 1.54) is 0 Å². The zero-order valence-electron chi connectivity index (χ0n) is 8.91. The van der Waals surface area contributed by atoms with E-state index in [2.05, 4.69) is 41.8 Å². The van der Waals surface area contributed by atoms with Crippen molar-refractivity contribution in [1.82, 2.24) is 9.78 Å². The molecule has 0 amide bonds. The van der Waals surface area contributed by atoms with Crippen molar-refractivity contribution in [3.63, 3.8) is 0 Å². The van der Waals surface area contributed by atoms with Gasteiger partial charge >= 0.3 is 0 Å². The number of alkyl halides is 1. The lowest BCUT2D eigenvalue weighted by molar-refractivity contribution is -0.107. The van der Waals surface area contributed by atoms with Gasteiger partial charge in [0.1, 0.15) is 11.1 Å². The van der Waals surface area contributed by atoms with Gasteiger partial charge < -0.3 is 4.79 Å². The Morgan fingerprint density at radius 1 is 1.57 bits per heavy atom. The predicted molar refractivity (Wildman–Crippen MR) is 59.6 cm³/mol. The van der Waals surface area contributed by atoms with Crippen LogP contribution in [0.3, 0.4) is 0 Å². The lowest BCUT2D eigenvalue weighted by Gasteiger charge is -2.13. The molecule has 0 aliphatic rings. The molecule has 4 heteroatoms. The minimum atomic E-state index is -0.268. The van der Waals surface area contributed by atoms with E-state index in [1.54, 1.807) is 4.68 Å². The number of hydrogen-bond donors (Lipinski definition) is 0. The molecule has 0 fully saturated rings. The van der Waals surface area contributed by atoms with Crippen molar-refractivity contribution in [3.05, 3.63) is 17.5 Å². The summed E-state index contributed by atoms with van der Waals surface area (Å²) in [5, 5.41) is 4.38. The first-order valence-electron chi connectivity index (χ1n) is 4.50. The van der Waals surface area contributed by atoms with E-state index in [-0.39, 0.29) is 10.2 Å². The van der Waals surface area contributed by atoms with Gasteiger partial charge in [-0.15, -0.1) is 0 Å². The molecule has 0 saturated heterocycles. The van der Waals surface area contributed by atoms with Gasteiger partial charge in [-0.3, -0.25) is 4.68 Å². The second kappa shape index (κ2) is 3.85. The fourth-order valence-corrected chi connectivity index (χ4v) is 1.60. The van der Waals surface area contributed by atoms with E-state index in [0.29, 0.717) is 0 Å². The van der Waals surface area contributed by atoms with Gasteiger partial charge in [0.25, 0.3) is 0 Å². The zero-order valence-corrected chi connectivity index (χ0v) is 10.5. The van der Waals surface area contributed by atoms with Crippen molar-refractivity contribution in [3.8, 4) is 0 Å². The average molecular weight is 259 g/mol. The fraction of sp³-hybridized carbons (Fsp3) is 0.600. The minimum Gasteiger partial charge on any atom is -0.302 e. The van der Waals surface area contributed by atoms with Crippen LogP contribution in [-0.2, 0) is 17.3 Å². The number of carbonyl (C=O) groups excluding carboxylic acids is 1. The number of rotatable bonds is 2. The molecule has 0 radical (unpaired) electrons. The van der Waals surface area contributed by atoms with Crippen LogP contribution in [0.5, 0.6) is 0 Å². The number of aryl methyl sites for hydroxylation is 1. The third kappa shape index (κ3) is 2.23. The maximum atomic E-state index is 10.6. The van der Waals surface area contributed by atoms with E-state index in [9.17, 15) is 4.79 Å². The highest BCUT2D eigenvalue weighted by Crippen LogP contribution is 2.26. The maximum Gasteiger partial charge on any atom is 0.139 e. The van der Waals surface area contributed by atoms with Gasteiger partial charge in [-0.1, -0.05) is 36.7 Å². The van der Waals surface area contributed by atoms with Crippen LogP contribution >= 0.6 is 15.9 Å². The van der Waals surface area contributed by atoms with Gasteiger partial charge in [0.15, 0.2) is 0 Å². The van der Waals surface area contributed by atoms with Gasteiger partial charge in [-0.2, -0.15) is 5.10 Å². The molecule has 1 aromatic rings. The topological polar surface area (TPSA) is 34.9 Å². The standard InChI is InChI=1S/C10H15BrN2O/c1-10(2,3)9-5-8(7(11)6-14)13(4)12-9/h5-7H,1-4H3. The first-order valence-corrected chi connectivity index (χ1v) is 5.41. The van der Waals surface area contributed by atoms with Crippen LogP contribution in [0.4, 0.5) is 0 Å². The van der Waals surface area contributed by atoms with Crippen LogP contribution in [0, 0.1) is 0 Å². The molecule has 0 aromatic carbocycles. The Balaban J connectivity index is 3.11. The Bertz CT molecular complexity index is 338. The van der Waals surface area contributed by atoms with E-state index in [1.807, 2.05) is 13.1 Å². The molecule has 1 aromatic heterocycles. The molecule has 0 aliphatic heterocycles. The van der Waals surface area contributed by atoms with E-state index < -0.39 is 0 Å². The number of aromatic nitrogens is 2. The minimum absolute atomic E-state index is 0.0195. The zero-order chi connectivity index (χ0) is 10.9. The normalized spacial score (nSPS) is 14.1. The van der Waals surface area contributed by atoms with Crippen LogP contribution < -0.4 is 0 Å². The highest BCUT2D eigenvalue weighted by Gasteiger charge is 2.21.